The fourth-order valence-electron chi connectivity index (χ4n) is 1.92. The van der Waals surface area contributed by atoms with Crippen LogP contribution in [0.25, 0.3) is 0 Å². The molecule has 5 heteroatoms. The van der Waals surface area contributed by atoms with Gasteiger partial charge in [-0.15, -0.1) is 0 Å². The molecule has 0 aromatic heterocycles. The summed E-state index contributed by atoms with van der Waals surface area (Å²) in [6.45, 7) is 3.19. The van der Waals surface area contributed by atoms with Crippen molar-refractivity contribution in [2.24, 2.45) is 0 Å². The predicted molar refractivity (Wildman–Crippen MR) is 74.0 cm³/mol. The van der Waals surface area contributed by atoms with Crippen molar-refractivity contribution in [3.8, 4) is 5.75 Å². The topological polar surface area (TPSA) is 55.7 Å². The fraction of sp³-hybridized carbons (Fsp3) is 0.538. The van der Waals surface area contributed by atoms with Crippen molar-refractivity contribution in [2.75, 3.05) is 27.2 Å². The number of phenolic OH excluding ortho intramolecular Hbond substituents is 1. The smallest absolute Gasteiger partial charge is 0.121 e. The minimum atomic E-state index is -0.819. The molecule has 102 valence electrons. The third-order valence-electron chi connectivity index (χ3n) is 2.56. The summed E-state index contributed by atoms with van der Waals surface area (Å²) in [7, 11) is 3.82. The largest absolute Gasteiger partial charge is 0.508 e. The molecule has 0 heterocycles. The maximum atomic E-state index is 10.1. The molecule has 3 N–H and O–H groups in total. The third kappa shape index (κ3) is 4.82. The van der Waals surface area contributed by atoms with E-state index < -0.39 is 5.60 Å². The Balaban J connectivity index is 2.51. The van der Waals surface area contributed by atoms with Gasteiger partial charge in [-0.05, 0) is 33.2 Å². The van der Waals surface area contributed by atoms with Gasteiger partial charge in [0.1, 0.15) is 5.75 Å². The van der Waals surface area contributed by atoms with Gasteiger partial charge < -0.3 is 20.4 Å². The van der Waals surface area contributed by atoms with Gasteiger partial charge in [-0.2, -0.15) is 0 Å². The minimum Gasteiger partial charge on any atom is -0.508 e. The van der Waals surface area contributed by atoms with Crippen LogP contribution in [-0.2, 0) is 6.54 Å². The van der Waals surface area contributed by atoms with Crippen LogP contribution >= 0.6 is 11.6 Å². The summed E-state index contributed by atoms with van der Waals surface area (Å²) in [4.78, 5) is 1.93. The zero-order chi connectivity index (χ0) is 13.8. The maximum absolute atomic E-state index is 10.1. The van der Waals surface area contributed by atoms with Crippen molar-refractivity contribution in [2.45, 2.75) is 19.1 Å². The highest BCUT2D eigenvalue weighted by Gasteiger charge is 2.20. The number of halogens is 1. The Morgan fingerprint density at radius 2 is 2.06 bits per heavy atom. The van der Waals surface area contributed by atoms with Crippen LogP contribution in [0.5, 0.6) is 5.75 Å². The van der Waals surface area contributed by atoms with Crippen molar-refractivity contribution in [1.82, 2.24) is 10.2 Å². The second-order valence-electron chi connectivity index (χ2n) is 5.08. The lowest BCUT2D eigenvalue weighted by molar-refractivity contribution is 0.0335. The lowest BCUT2D eigenvalue weighted by Gasteiger charge is -2.27. The molecule has 0 aliphatic heterocycles. The van der Waals surface area contributed by atoms with E-state index >= 15 is 0 Å². The van der Waals surface area contributed by atoms with Crippen LogP contribution in [0.15, 0.2) is 18.2 Å². The molecule has 1 unspecified atom stereocenters. The molecule has 1 aromatic rings. The Morgan fingerprint density at radius 1 is 1.39 bits per heavy atom. The number of nitrogens with one attached hydrogen (secondary N) is 1. The minimum absolute atomic E-state index is 0.169. The van der Waals surface area contributed by atoms with E-state index in [-0.39, 0.29) is 5.75 Å². The van der Waals surface area contributed by atoms with E-state index in [1.54, 1.807) is 25.1 Å². The molecule has 0 amide bonds. The first-order valence-corrected chi connectivity index (χ1v) is 6.24. The van der Waals surface area contributed by atoms with Crippen molar-refractivity contribution in [1.29, 1.82) is 0 Å². The lowest BCUT2D eigenvalue weighted by Crippen LogP contribution is -2.45. The van der Waals surface area contributed by atoms with Gasteiger partial charge in [0.05, 0.1) is 5.60 Å². The molecule has 0 spiro atoms. The van der Waals surface area contributed by atoms with Gasteiger partial charge >= 0.3 is 0 Å². The number of aliphatic hydroxyl groups is 1. The molecule has 0 radical (unpaired) electrons. The Labute approximate surface area is 113 Å². The highest BCUT2D eigenvalue weighted by atomic mass is 35.5. The first kappa shape index (κ1) is 15.2. The van der Waals surface area contributed by atoms with E-state index in [0.717, 1.165) is 0 Å². The van der Waals surface area contributed by atoms with E-state index in [0.29, 0.717) is 30.2 Å². The molecule has 0 bridgehead atoms. The molecular weight excluding hydrogens is 252 g/mol. The summed E-state index contributed by atoms with van der Waals surface area (Å²) in [5, 5.41) is 23.4. The Hall–Kier alpha value is -0.810. The quantitative estimate of drug-likeness (QED) is 0.734. The second kappa shape index (κ2) is 6.38. The number of likely N-dealkylation sites (N-methyl/N-ethyl adjacent to an activating group) is 1. The Morgan fingerprint density at radius 3 is 2.61 bits per heavy atom. The number of phenols is 1. The zero-order valence-corrected chi connectivity index (χ0v) is 11.8. The monoisotopic (exact) mass is 272 g/mol. The number of hydrogen-bond acceptors (Lipinski definition) is 4. The number of nitrogens with zero attached hydrogens (tertiary/aromatic N) is 1. The Kier molecular flexibility index (Phi) is 5.41. The first-order valence-electron chi connectivity index (χ1n) is 5.86. The van der Waals surface area contributed by atoms with Gasteiger partial charge in [-0.1, -0.05) is 17.7 Å². The molecule has 4 nitrogen and oxygen atoms in total. The SMILES string of the molecule is CN(C)CC(C)(O)CNCc1c(O)cccc1Cl. The van der Waals surface area contributed by atoms with E-state index in [9.17, 15) is 10.2 Å². The molecule has 18 heavy (non-hydrogen) atoms. The van der Waals surface area contributed by atoms with Crippen molar-refractivity contribution in [3.05, 3.63) is 28.8 Å². The molecule has 1 rings (SSSR count). The molecule has 0 aliphatic rings. The summed E-state index contributed by atoms with van der Waals surface area (Å²) in [5.41, 5.74) is -0.166. The third-order valence-corrected chi connectivity index (χ3v) is 2.91. The van der Waals surface area contributed by atoms with E-state index in [4.69, 9.17) is 11.6 Å². The normalized spacial score (nSPS) is 14.8. The Bertz CT molecular complexity index is 374. The average Bonchev–Trinajstić information content (AvgIpc) is 2.20. The molecule has 0 fully saturated rings. The molecule has 0 aliphatic carbocycles. The van der Waals surface area contributed by atoms with Crippen molar-refractivity contribution < 1.29 is 10.2 Å². The lowest BCUT2D eigenvalue weighted by atomic mass is 10.1. The highest BCUT2D eigenvalue weighted by Crippen LogP contribution is 2.24. The zero-order valence-electron chi connectivity index (χ0n) is 11.1. The first-order chi connectivity index (χ1) is 8.32. The fourth-order valence-corrected chi connectivity index (χ4v) is 2.15. The number of benzene rings is 1. The van der Waals surface area contributed by atoms with Crippen molar-refractivity contribution >= 4 is 11.6 Å². The van der Waals surface area contributed by atoms with Gasteiger partial charge in [0, 0.05) is 30.2 Å². The standard InChI is InChI=1S/C13H21ClN2O2/c1-13(18,9-16(2)3)8-15-7-10-11(14)5-4-6-12(10)17/h4-6,15,17-18H,7-9H2,1-3H3. The molecule has 0 saturated carbocycles. The van der Waals surface area contributed by atoms with Crippen LogP contribution in [0.4, 0.5) is 0 Å². The van der Waals surface area contributed by atoms with Crippen LogP contribution in [0.1, 0.15) is 12.5 Å². The molecular formula is C13H21ClN2O2. The predicted octanol–water partition coefficient (Wildman–Crippen LogP) is 1.45. The van der Waals surface area contributed by atoms with Crippen molar-refractivity contribution in [3.63, 3.8) is 0 Å². The van der Waals surface area contributed by atoms with Crippen LogP contribution < -0.4 is 5.32 Å². The van der Waals surface area contributed by atoms with Gasteiger partial charge in [0.2, 0.25) is 0 Å². The molecule has 1 aromatic carbocycles. The average molecular weight is 273 g/mol. The van der Waals surface area contributed by atoms with Crippen LogP contribution in [0.2, 0.25) is 5.02 Å². The van der Waals surface area contributed by atoms with Gasteiger partial charge in [-0.25, -0.2) is 0 Å². The summed E-state index contributed by atoms with van der Waals surface area (Å²) in [6.07, 6.45) is 0. The second-order valence-corrected chi connectivity index (χ2v) is 5.48. The van der Waals surface area contributed by atoms with Crippen LogP contribution in [-0.4, -0.2) is 47.9 Å². The van der Waals surface area contributed by atoms with Crippen LogP contribution in [0.3, 0.4) is 0 Å². The maximum Gasteiger partial charge on any atom is 0.121 e. The summed E-state index contributed by atoms with van der Waals surface area (Å²) < 4.78 is 0. The van der Waals surface area contributed by atoms with Gasteiger partial charge in [0.25, 0.3) is 0 Å². The van der Waals surface area contributed by atoms with E-state index in [1.807, 2.05) is 19.0 Å². The number of hydrogen-bond donors (Lipinski definition) is 3. The summed E-state index contributed by atoms with van der Waals surface area (Å²) in [6, 6.07) is 5.03. The highest BCUT2D eigenvalue weighted by molar-refractivity contribution is 6.31. The molecule has 1 atom stereocenters. The number of aromatic hydroxyl groups is 1. The summed E-state index contributed by atoms with van der Waals surface area (Å²) >= 11 is 5.99. The van der Waals surface area contributed by atoms with E-state index in [1.165, 1.54) is 0 Å². The van der Waals surface area contributed by atoms with Crippen LogP contribution in [0, 0.1) is 0 Å². The van der Waals surface area contributed by atoms with Gasteiger partial charge in [0.15, 0.2) is 0 Å². The molecule has 0 saturated heterocycles. The summed E-state index contributed by atoms with van der Waals surface area (Å²) in [5.74, 6) is 0.169. The van der Waals surface area contributed by atoms with E-state index in [2.05, 4.69) is 5.32 Å². The van der Waals surface area contributed by atoms with Gasteiger partial charge in [-0.3, -0.25) is 0 Å². The number of rotatable bonds is 6.